The molecule has 0 aliphatic heterocycles. The maximum atomic E-state index is 11.7. The van der Waals surface area contributed by atoms with Crippen LogP contribution in [0.2, 0.25) is 0 Å². The highest BCUT2D eigenvalue weighted by atomic mass is 32.2. The summed E-state index contributed by atoms with van der Waals surface area (Å²) < 4.78 is 24.4. The van der Waals surface area contributed by atoms with Crippen LogP contribution >= 0.6 is 0 Å². The van der Waals surface area contributed by atoms with Crippen molar-refractivity contribution in [1.29, 1.82) is 0 Å². The molecule has 114 valence electrons. The maximum absolute atomic E-state index is 11.7. The van der Waals surface area contributed by atoms with Crippen LogP contribution in [0.5, 0.6) is 0 Å². The topological polar surface area (TPSA) is 69.7 Å². The zero-order chi connectivity index (χ0) is 15.1. The zero-order valence-electron chi connectivity index (χ0n) is 12.6. The van der Waals surface area contributed by atoms with Crippen molar-refractivity contribution in [2.45, 2.75) is 20.3 Å². The highest BCUT2D eigenvalue weighted by Gasteiger charge is 2.19. The summed E-state index contributed by atoms with van der Waals surface area (Å²) in [4.78, 5) is 13.6. The lowest BCUT2D eigenvalue weighted by molar-refractivity contribution is -0.121. The number of hydrogen-bond donors (Lipinski definition) is 1. The molecule has 0 atom stereocenters. The summed E-state index contributed by atoms with van der Waals surface area (Å²) >= 11 is 0. The van der Waals surface area contributed by atoms with Gasteiger partial charge in [0, 0.05) is 19.6 Å². The summed E-state index contributed by atoms with van der Waals surface area (Å²) in [5.41, 5.74) is 0. The van der Waals surface area contributed by atoms with Gasteiger partial charge in [-0.2, -0.15) is 4.31 Å². The van der Waals surface area contributed by atoms with Gasteiger partial charge < -0.3 is 10.2 Å². The minimum absolute atomic E-state index is 0.106. The van der Waals surface area contributed by atoms with Crippen LogP contribution < -0.4 is 5.32 Å². The van der Waals surface area contributed by atoms with E-state index in [1.807, 2.05) is 19.0 Å². The van der Waals surface area contributed by atoms with Crippen LogP contribution in [0.3, 0.4) is 0 Å². The van der Waals surface area contributed by atoms with Gasteiger partial charge in [0.1, 0.15) is 0 Å². The molecule has 0 aliphatic carbocycles. The SMILES string of the molecule is CC(C)CCNC(=O)CN(CCN(C)C)S(C)(=O)=O. The molecule has 0 aromatic rings. The summed E-state index contributed by atoms with van der Waals surface area (Å²) in [6.45, 7) is 5.54. The van der Waals surface area contributed by atoms with Crippen LogP contribution in [0, 0.1) is 5.92 Å². The van der Waals surface area contributed by atoms with E-state index in [0.29, 0.717) is 25.6 Å². The molecule has 0 rings (SSSR count). The van der Waals surface area contributed by atoms with Crippen LogP contribution in [-0.4, -0.2) is 70.1 Å². The number of amides is 1. The number of hydrogen-bond acceptors (Lipinski definition) is 4. The van der Waals surface area contributed by atoms with Gasteiger partial charge in [-0.05, 0) is 26.4 Å². The third-order valence-corrected chi connectivity index (χ3v) is 3.88. The first-order valence-electron chi connectivity index (χ1n) is 6.49. The molecule has 19 heavy (non-hydrogen) atoms. The standard InChI is InChI=1S/C12H27N3O3S/c1-11(2)6-7-13-12(16)10-15(19(5,17)18)9-8-14(3)4/h11H,6-10H2,1-5H3,(H,13,16). The van der Waals surface area contributed by atoms with Crippen molar-refractivity contribution in [3.63, 3.8) is 0 Å². The molecule has 0 aliphatic rings. The minimum atomic E-state index is -3.35. The van der Waals surface area contributed by atoms with Crippen molar-refractivity contribution >= 4 is 15.9 Å². The van der Waals surface area contributed by atoms with Crippen molar-refractivity contribution in [3.8, 4) is 0 Å². The van der Waals surface area contributed by atoms with Gasteiger partial charge in [0.05, 0.1) is 12.8 Å². The number of carbonyl (C=O) groups is 1. The number of likely N-dealkylation sites (N-methyl/N-ethyl adjacent to an activating group) is 1. The molecule has 0 saturated heterocycles. The van der Waals surface area contributed by atoms with Gasteiger partial charge in [0.25, 0.3) is 0 Å². The van der Waals surface area contributed by atoms with E-state index in [-0.39, 0.29) is 12.5 Å². The van der Waals surface area contributed by atoms with Gasteiger partial charge in [-0.3, -0.25) is 4.79 Å². The largest absolute Gasteiger partial charge is 0.355 e. The monoisotopic (exact) mass is 293 g/mol. The first-order chi connectivity index (χ1) is 8.62. The molecule has 1 N–H and O–H groups in total. The average Bonchev–Trinajstić information content (AvgIpc) is 2.21. The smallest absolute Gasteiger partial charge is 0.235 e. The second-order valence-corrected chi connectivity index (χ2v) is 7.41. The number of carbonyl (C=O) groups excluding carboxylic acids is 1. The van der Waals surface area contributed by atoms with Crippen molar-refractivity contribution in [3.05, 3.63) is 0 Å². The number of rotatable bonds is 9. The van der Waals surface area contributed by atoms with E-state index in [2.05, 4.69) is 19.2 Å². The third-order valence-electron chi connectivity index (χ3n) is 2.63. The van der Waals surface area contributed by atoms with Gasteiger partial charge in [0.2, 0.25) is 15.9 Å². The summed E-state index contributed by atoms with van der Waals surface area (Å²) in [5.74, 6) is 0.268. The van der Waals surface area contributed by atoms with Crippen LogP contribution in [0.4, 0.5) is 0 Å². The summed E-state index contributed by atoms with van der Waals surface area (Å²) in [5, 5.41) is 2.75. The average molecular weight is 293 g/mol. The van der Waals surface area contributed by atoms with Crippen molar-refractivity contribution in [2.24, 2.45) is 5.92 Å². The zero-order valence-corrected chi connectivity index (χ0v) is 13.5. The van der Waals surface area contributed by atoms with Gasteiger partial charge >= 0.3 is 0 Å². The molecule has 1 amide bonds. The molecule has 0 radical (unpaired) electrons. The Hall–Kier alpha value is -0.660. The maximum Gasteiger partial charge on any atom is 0.235 e. The van der Waals surface area contributed by atoms with Gasteiger partial charge in [0.15, 0.2) is 0 Å². The summed E-state index contributed by atoms with van der Waals surface area (Å²) in [7, 11) is 0.377. The Balaban J connectivity index is 4.28. The molecule has 0 heterocycles. The first kappa shape index (κ1) is 18.3. The van der Waals surface area contributed by atoms with Crippen molar-refractivity contribution in [1.82, 2.24) is 14.5 Å². The lowest BCUT2D eigenvalue weighted by Crippen LogP contribution is -2.43. The Labute approximate surface area is 117 Å². The Morgan fingerprint density at radius 3 is 2.21 bits per heavy atom. The van der Waals surface area contributed by atoms with Gasteiger partial charge in [-0.25, -0.2) is 8.42 Å². The second-order valence-electron chi connectivity index (χ2n) is 5.43. The van der Waals surface area contributed by atoms with E-state index >= 15 is 0 Å². The van der Waals surface area contributed by atoms with E-state index < -0.39 is 10.0 Å². The highest BCUT2D eigenvalue weighted by molar-refractivity contribution is 7.88. The molecular weight excluding hydrogens is 266 g/mol. The lowest BCUT2D eigenvalue weighted by Gasteiger charge is -2.21. The molecule has 7 heteroatoms. The van der Waals surface area contributed by atoms with Crippen LogP contribution in [0.25, 0.3) is 0 Å². The normalized spacial score (nSPS) is 12.4. The fraction of sp³-hybridized carbons (Fsp3) is 0.917. The third kappa shape index (κ3) is 9.86. The number of nitrogens with zero attached hydrogens (tertiary/aromatic N) is 2. The van der Waals surface area contributed by atoms with Crippen molar-refractivity contribution in [2.75, 3.05) is 46.5 Å². The molecule has 0 saturated carbocycles. The molecular formula is C12H27N3O3S. The van der Waals surface area contributed by atoms with E-state index in [1.54, 1.807) is 0 Å². The predicted molar refractivity (Wildman–Crippen MR) is 77.4 cm³/mol. The Morgan fingerprint density at radius 2 is 1.79 bits per heavy atom. The van der Waals surface area contributed by atoms with Crippen LogP contribution in [-0.2, 0) is 14.8 Å². The molecule has 0 spiro atoms. The fourth-order valence-corrected chi connectivity index (χ4v) is 2.16. The van der Waals surface area contributed by atoms with Gasteiger partial charge in [-0.1, -0.05) is 13.8 Å². The molecule has 0 aromatic heterocycles. The molecule has 6 nitrogen and oxygen atoms in total. The Kier molecular flexibility index (Phi) is 8.20. The molecule has 0 bridgehead atoms. The first-order valence-corrected chi connectivity index (χ1v) is 8.34. The summed E-state index contributed by atoms with van der Waals surface area (Å²) in [6.07, 6.45) is 2.02. The van der Waals surface area contributed by atoms with Crippen molar-refractivity contribution < 1.29 is 13.2 Å². The lowest BCUT2D eigenvalue weighted by atomic mass is 10.1. The molecule has 0 unspecified atom stereocenters. The molecule has 0 fully saturated rings. The highest BCUT2D eigenvalue weighted by Crippen LogP contribution is 1.99. The summed E-state index contributed by atoms with van der Waals surface area (Å²) in [6, 6.07) is 0. The molecule has 0 aromatic carbocycles. The minimum Gasteiger partial charge on any atom is -0.355 e. The Bertz CT molecular complexity index is 366. The fourth-order valence-electron chi connectivity index (χ4n) is 1.39. The number of nitrogens with one attached hydrogen (secondary N) is 1. The van der Waals surface area contributed by atoms with Crippen LogP contribution in [0.1, 0.15) is 20.3 Å². The van der Waals surface area contributed by atoms with E-state index in [0.717, 1.165) is 12.7 Å². The predicted octanol–water partition coefficient (Wildman–Crippen LogP) is -0.0281. The van der Waals surface area contributed by atoms with Crippen LogP contribution in [0.15, 0.2) is 0 Å². The van der Waals surface area contributed by atoms with E-state index in [1.165, 1.54) is 4.31 Å². The quantitative estimate of drug-likeness (QED) is 0.648. The second kappa shape index (κ2) is 8.50. The Morgan fingerprint density at radius 1 is 1.21 bits per heavy atom. The van der Waals surface area contributed by atoms with E-state index in [4.69, 9.17) is 0 Å². The van der Waals surface area contributed by atoms with Gasteiger partial charge in [-0.15, -0.1) is 0 Å². The number of sulfonamides is 1. The van der Waals surface area contributed by atoms with E-state index in [9.17, 15) is 13.2 Å².